The van der Waals surface area contributed by atoms with Crippen LogP contribution in [-0.2, 0) is 10.0 Å². The average Bonchev–Trinajstić information content (AvgIpc) is 2.54. The normalized spacial score (nSPS) is 18.3. The van der Waals surface area contributed by atoms with Gasteiger partial charge in [0.1, 0.15) is 12.4 Å². The Morgan fingerprint density at radius 1 is 1.38 bits per heavy atom. The highest BCUT2D eigenvalue weighted by Crippen LogP contribution is 2.38. The van der Waals surface area contributed by atoms with Crippen molar-refractivity contribution in [3.8, 4) is 5.75 Å². The minimum atomic E-state index is -3.15. The van der Waals surface area contributed by atoms with Crippen LogP contribution in [0.3, 0.4) is 0 Å². The molecule has 1 saturated heterocycles. The molecule has 0 radical (unpaired) electrons. The SMILES string of the molecule is C=CCOc1cc(Cl)c(Cl)cc1C(N)C1CCN(S(C)(=O)=O)CC1. The van der Waals surface area contributed by atoms with E-state index in [2.05, 4.69) is 6.58 Å². The van der Waals surface area contributed by atoms with Crippen LogP contribution in [0.2, 0.25) is 10.0 Å². The van der Waals surface area contributed by atoms with Crippen molar-refractivity contribution in [3.63, 3.8) is 0 Å². The molecule has 0 aliphatic carbocycles. The van der Waals surface area contributed by atoms with Crippen molar-refractivity contribution in [2.75, 3.05) is 26.0 Å². The lowest BCUT2D eigenvalue weighted by molar-refractivity contribution is 0.242. The van der Waals surface area contributed by atoms with Gasteiger partial charge in [0.05, 0.1) is 16.3 Å². The molecule has 1 aliphatic rings. The first-order valence-electron chi connectivity index (χ1n) is 7.67. The van der Waals surface area contributed by atoms with Crippen molar-refractivity contribution in [1.29, 1.82) is 0 Å². The smallest absolute Gasteiger partial charge is 0.211 e. The van der Waals surface area contributed by atoms with Crippen LogP contribution >= 0.6 is 23.2 Å². The highest BCUT2D eigenvalue weighted by Gasteiger charge is 2.30. The minimum absolute atomic E-state index is 0.145. The molecule has 8 heteroatoms. The third-order valence-corrected chi connectivity index (χ3v) is 6.27. The summed E-state index contributed by atoms with van der Waals surface area (Å²) in [5, 5.41) is 0.820. The number of nitrogens with zero attached hydrogens (tertiary/aromatic N) is 1. The van der Waals surface area contributed by atoms with Crippen molar-refractivity contribution < 1.29 is 13.2 Å². The maximum Gasteiger partial charge on any atom is 0.211 e. The first-order chi connectivity index (χ1) is 11.2. The van der Waals surface area contributed by atoms with E-state index >= 15 is 0 Å². The molecule has 1 aromatic carbocycles. The highest BCUT2D eigenvalue weighted by molar-refractivity contribution is 7.88. The maximum absolute atomic E-state index is 11.6. The number of hydrogen-bond acceptors (Lipinski definition) is 4. The Morgan fingerprint density at radius 3 is 2.50 bits per heavy atom. The number of sulfonamides is 1. The fourth-order valence-electron chi connectivity index (χ4n) is 2.90. The van der Waals surface area contributed by atoms with Crippen molar-refractivity contribution in [2.45, 2.75) is 18.9 Å². The van der Waals surface area contributed by atoms with Gasteiger partial charge in [0.25, 0.3) is 0 Å². The van der Waals surface area contributed by atoms with Crippen LogP contribution < -0.4 is 10.5 Å². The molecule has 2 rings (SSSR count). The molecule has 2 N–H and O–H groups in total. The van der Waals surface area contributed by atoms with Gasteiger partial charge in [-0.05, 0) is 24.8 Å². The number of benzene rings is 1. The molecule has 0 aromatic heterocycles. The summed E-state index contributed by atoms with van der Waals surface area (Å²) in [4.78, 5) is 0. The van der Waals surface area contributed by atoms with Gasteiger partial charge in [0, 0.05) is 30.8 Å². The summed E-state index contributed by atoms with van der Waals surface area (Å²) in [6, 6.07) is 3.09. The van der Waals surface area contributed by atoms with Gasteiger partial charge in [0.2, 0.25) is 10.0 Å². The molecular formula is C16H22Cl2N2O3S. The van der Waals surface area contributed by atoms with Crippen molar-refractivity contribution in [1.82, 2.24) is 4.31 Å². The topological polar surface area (TPSA) is 72.6 Å². The molecule has 24 heavy (non-hydrogen) atoms. The lowest BCUT2D eigenvalue weighted by atomic mass is 9.86. The van der Waals surface area contributed by atoms with Crippen molar-refractivity contribution >= 4 is 33.2 Å². The van der Waals surface area contributed by atoms with Crippen LogP contribution in [0.15, 0.2) is 24.8 Å². The Bertz CT molecular complexity index is 702. The van der Waals surface area contributed by atoms with E-state index in [1.54, 1.807) is 18.2 Å². The van der Waals surface area contributed by atoms with Gasteiger partial charge in [-0.15, -0.1) is 0 Å². The summed E-state index contributed by atoms with van der Waals surface area (Å²) in [7, 11) is -3.15. The zero-order valence-corrected chi connectivity index (χ0v) is 15.9. The second-order valence-electron chi connectivity index (χ2n) is 5.93. The standard InChI is InChI=1S/C16H22Cl2N2O3S/c1-3-8-23-15-10-14(18)13(17)9-12(15)16(19)11-4-6-20(7-5-11)24(2,21)22/h3,9-11,16H,1,4-8,19H2,2H3. The molecule has 0 saturated carbocycles. The maximum atomic E-state index is 11.6. The van der Waals surface area contributed by atoms with E-state index in [1.807, 2.05) is 0 Å². The molecule has 0 bridgehead atoms. The van der Waals surface area contributed by atoms with E-state index in [-0.39, 0.29) is 12.0 Å². The molecular weight excluding hydrogens is 371 g/mol. The summed E-state index contributed by atoms with van der Waals surface area (Å²) in [5.74, 6) is 0.730. The van der Waals surface area contributed by atoms with Gasteiger partial charge in [-0.3, -0.25) is 0 Å². The summed E-state index contributed by atoms with van der Waals surface area (Å²) in [5.41, 5.74) is 7.22. The van der Waals surface area contributed by atoms with Gasteiger partial charge in [-0.25, -0.2) is 12.7 Å². The second kappa shape index (κ2) is 8.06. The Kier molecular flexibility index (Phi) is 6.56. The predicted octanol–water partition coefficient (Wildman–Crippen LogP) is 3.23. The molecule has 1 atom stereocenters. The fraction of sp³-hybridized carbons (Fsp3) is 0.500. The molecule has 1 aromatic rings. The molecule has 1 aliphatic heterocycles. The first-order valence-corrected chi connectivity index (χ1v) is 10.3. The van der Waals surface area contributed by atoms with E-state index in [4.69, 9.17) is 33.7 Å². The zero-order valence-electron chi connectivity index (χ0n) is 13.5. The van der Waals surface area contributed by atoms with Gasteiger partial charge >= 0.3 is 0 Å². The number of rotatable bonds is 6. The summed E-state index contributed by atoms with van der Waals surface area (Å²) in [6.07, 6.45) is 4.25. The van der Waals surface area contributed by atoms with E-state index in [0.717, 1.165) is 5.56 Å². The Morgan fingerprint density at radius 2 is 1.96 bits per heavy atom. The van der Waals surface area contributed by atoms with Crippen LogP contribution in [0, 0.1) is 5.92 Å². The monoisotopic (exact) mass is 392 g/mol. The van der Waals surface area contributed by atoms with Gasteiger partial charge in [0.15, 0.2) is 0 Å². The van der Waals surface area contributed by atoms with Gasteiger partial charge in [-0.1, -0.05) is 35.9 Å². The van der Waals surface area contributed by atoms with Crippen LogP contribution in [0.25, 0.3) is 0 Å². The summed E-state index contributed by atoms with van der Waals surface area (Å²) >= 11 is 12.2. The zero-order chi connectivity index (χ0) is 17.9. The Labute approximate surface area is 153 Å². The third-order valence-electron chi connectivity index (χ3n) is 4.24. The third kappa shape index (κ3) is 4.64. The van der Waals surface area contributed by atoms with Gasteiger partial charge < -0.3 is 10.5 Å². The highest BCUT2D eigenvalue weighted by atomic mass is 35.5. The van der Waals surface area contributed by atoms with Crippen LogP contribution in [0.1, 0.15) is 24.4 Å². The molecule has 1 heterocycles. The number of hydrogen-bond donors (Lipinski definition) is 1. The van der Waals surface area contributed by atoms with Crippen LogP contribution in [-0.4, -0.2) is 38.7 Å². The van der Waals surface area contributed by atoms with E-state index in [9.17, 15) is 8.42 Å². The Hall–Kier alpha value is -0.790. The molecule has 134 valence electrons. The number of ether oxygens (including phenoxy) is 1. The first kappa shape index (κ1) is 19.5. The second-order valence-corrected chi connectivity index (χ2v) is 8.73. The van der Waals surface area contributed by atoms with E-state index in [1.165, 1.54) is 10.6 Å². The number of nitrogens with two attached hydrogens (primary N) is 1. The molecule has 0 spiro atoms. The molecule has 1 unspecified atom stereocenters. The quantitative estimate of drug-likeness (QED) is 0.754. The Balaban J connectivity index is 2.19. The molecule has 1 fully saturated rings. The largest absolute Gasteiger partial charge is 0.489 e. The lowest BCUT2D eigenvalue weighted by Gasteiger charge is -2.34. The van der Waals surface area contributed by atoms with Crippen LogP contribution in [0.4, 0.5) is 0 Å². The predicted molar refractivity (Wildman–Crippen MR) is 98.2 cm³/mol. The number of piperidine rings is 1. The average molecular weight is 393 g/mol. The van der Waals surface area contributed by atoms with Gasteiger partial charge in [-0.2, -0.15) is 0 Å². The minimum Gasteiger partial charge on any atom is -0.489 e. The molecule has 5 nitrogen and oxygen atoms in total. The van der Waals surface area contributed by atoms with E-state index < -0.39 is 10.0 Å². The summed E-state index contributed by atoms with van der Waals surface area (Å²) in [6.45, 7) is 4.92. The van der Waals surface area contributed by atoms with Crippen LogP contribution in [0.5, 0.6) is 5.75 Å². The van der Waals surface area contributed by atoms with E-state index in [0.29, 0.717) is 48.3 Å². The fourth-order valence-corrected chi connectivity index (χ4v) is 4.10. The van der Waals surface area contributed by atoms with Crippen molar-refractivity contribution in [2.24, 2.45) is 11.7 Å². The summed E-state index contributed by atoms with van der Waals surface area (Å²) < 4.78 is 30.4. The lowest BCUT2D eigenvalue weighted by Crippen LogP contribution is -2.40. The number of halogens is 2. The van der Waals surface area contributed by atoms with Crippen molar-refractivity contribution in [3.05, 3.63) is 40.4 Å². The molecule has 0 amide bonds.